The number of hydrogen-bond donors (Lipinski definition) is 4. The van der Waals surface area contributed by atoms with E-state index >= 15 is 0 Å². The van der Waals surface area contributed by atoms with E-state index in [4.69, 9.17) is 4.74 Å². The number of nitrogens with one attached hydrogen (secondary N) is 4. The Balaban J connectivity index is 1.22. The largest absolute Gasteiger partial charge is 0.416 e. The SMILES string of the molecule is Cc1cnc(N/N=C/c2ccc(Nc3ccc(C4CNCCN4)c(C(F)(F)F)c3)cn2)nc1N1CCOCC1. The topological polar surface area (TPSA) is 112 Å². The van der Waals surface area contributed by atoms with Crippen LogP contribution in [0, 0.1) is 6.92 Å². The smallest absolute Gasteiger partial charge is 0.378 e. The van der Waals surface area contributed by atoms with Crippen molar-refractivity contribution in [1.29, 1.82) is 0 Å². The second kappa shape index (κ2) is 11.9. The van der Waals surface area contributed by atoms with E-state index in [1.165, 1.54) is 18.5 Å². The minimum atomic E-state index is -4.47. The zero-order valence-corrected chi connectivity index (χ0v) is 21.4. The third kappa shape index (κ3) is 6.80. The van der Waals surface area contributed by atoms with Crippen LogP contribution < -0.4 is 26.3 Å². The molecule has 3 aromatic rings. The van der Waals surface area contributed by atoms with Crippen molar-refractivity contribution in [3.05, 3.63) is 65.1 Å². The quantitative estimate of drug-likeness (QED) is 0.264. The molecule has 0 radical (unpaired) electrons. The highest BCUT2D eigenvalue weighted by Gasteiger charge is 2.36. The Morgan fingerprint density at radius 2 is 1.90 bits per heavy atom. The molecule has 4 N–H and O–H groups in total. The van der Waals surface area contributed by atoms with E-state index in [0.29, 0.717) is 49.3 Å². The zero-order chi connectivity index (χ0) is 27.2. The Morgan fingerprint density at radius 3 is 2.62 bits per heavy atom. The molecule has 2 aromatic heterocycles. The first-order chi connectivity index (χ1) is 18.9. The van der Waals surface area contributed by atoms with Gasteiger partial charge in [-0.2, -0.15) is 23.3 Å². The van der Waals surface area contributed by atoms with Crippen molar-refractivity contribution in [2.75, 3.05) is 61.6 Å². The van der Waals surface area contributed by atoms with Crippen LogP contribution in [0.15, 0.2) is 47.8 Å². The number of pyridine rings is 1. The van der Waals surface area contributed by atoms with Gasteiger partial charge in [-0.1, -0.05) is 6.07 Å². The summed E-state index contributed by atoms with van der Waals surface area (Å²) in [6.45, 7) is 6.60. The molecule has 0 spiro atoms. The van der Waals surface area contributed by atoms with Gasteiger partial charge in [-0.05, 0) is 36.8 Å². The van der Waals surface area contributed by atoms with Gasteiger partial charge >= 0.3 is 6.18 Å². The van der Waals surface area contributed by atoms with Gasteiger partial charge in [-0.3, -0.25) is 4.98 Å². The number of morpholine rings is 1. The molecular weight excluding hydrogens is 511 g/mol. The van der Waals surface area contributed by atoms with Gasteiger partial charge in [0, 0.05) is 56.2 Å². The van der Waals surface area contributed by atoms with Crippen molar-refractivity contribution < 1.29 is 17.9 Å². The Kier molecular flexibility index (Phi) is 8.19. The van der Waals surface area contributed by atoms with E-state index in [1.54, 1.807) is 24.4 Å². The van der Waals surface area contributed by atoms with Crippen molar-refractivity contribution >= 4 is 29.4 Å². The lowest BCUT2D eigenvalue weighted by atomic mass is 9.98. The summed E-state index contributed by atoms with van der Waals surface area (Å²) in [5.41, 5.74) is 4.79. The second-order valence-corrected chi connectivity index (χ2v) is 9.28. The molecule has 4 heterocycles. The number of alkyl halides is 3. The summed E-state index contributed by atoms with van der Waals surface area (Å²) in [5.74, 6) is 1.20. The van der Waals surface area contributed by atoms with Crippen LogP contribution in [0.4, 0.5) is 36.3 Å². The van der Waals surface area contributed by atoms with E-state index in [9.17, 15) is 13.2 Å². The molecule has 206 valence electrons. The fourth-order valence-electron chi connectivity index (χ4n) is 4.52. The summed E-state index contributed by atoms with van der Waals surface area (Å²) in [7, 11) is 0. The van der Waals surface area contributed by atoms with Gasteiger partial charge in [-0.25, -0.2) is 10.4 Å². The molecule has 2 aliphatic rings. The average Bonchev–Trinajstić information content (AvgIpc) is 2.95. The number of ether oxygens (including phenoxy) is 1. The van der Waals surface area contributed by atoms with Crippen LogP contribution in [0.2, 0.25) is 0 Å². The van der Waals surface area contributed by atoms with Gasteiger partial charge in [0.1, 0.15) is 5.82 Å². The predicted molar refractivity (Wildman–Crippen MR) is 144 cm³/mol. The molecule has 1 atom stereocenters. The molecule has 0 amide bonds. The molecule has 0 bridgehead atoms. The van der Waals surface area contributed by atoms with Gasteiger partial charge in [0.05, 0.1) is 42.6 Å². The third-order valence-corrected chi connectivity index (χ3v) is 6.47. The minimum absolute atomic E-state index is 0.229. The number of benzene rings is 1. The van der Waals surface area contributed by atoms with Gasteiger partial charge in [0.25, 0.3) is 0 Å². The van der Waals surface area contributed by atoms with Crippen LogP contribution in [0.5, 0.6) is 0 Å². The summed E-state index contributed by atoms with van der Waals surface area (Å²) in [6, 6.07) is 7.34. The van der Waals surface area contributed by atoms with Crippen LogP contribution in [0.3, 0.4) is 0 Å². The molecule has 1 unspecified atom stereocenters. The number of halogens is 3. The number of hydrogen-bond acceptors (Lipinski definition) is 10. The van der Waals surface area contributed by atoms with Crippen LogP contribution in [0.25, 0.3) is 0 Å². The van der Waals surface area contributed by atoms with E-state index in [-0.39, 0.29) is 5.56 Å². The lowest BCUT2D eigenvalue weighted by Crippen LogP contribution is -2.43. The Bertz CT molecular complexity index is 1290. The standard InChI is InChI=1S/C26H30F3N9O/c1-17-13-33-25(36-24(17)38-8-10-39-11-9-38)37-34-15-19-2-3-20(14-32-19)35-18-4-5-21(22(12-18)26(27,28)29)23-16-30-6-7-31-23/h2-5,12-15,23,30-31,35H,6-11,16H2,1H3,(H,33,36,37)/b34-15+. The predicted octanol–water partition coefficient (Wildman–Crippen LogP) is 3.46. The molecule has 5 rings (SSSR count). The minimum Gasteiger partial charge on any atom is -0.378 e. The maximum Gasteiger partial charge on any atom is 0.416 e. The first kappa shape index (κ1) is 26.8. The maximum atomic E-state index is 13.8. The summed E-state index contributed by atoms with van der Waals surface area (Å²) < 4.78 is 46.9. The highest BCUT2D eigenvalue weighted by atomic mass is 19.4. The van der Waals surface area contributed by atoms with Crippen LogP contribution in [-0.4, -0.2) is 67.1 Å². The van der Waals surface area contributed by atoms with Crippen molar-refractivity contribution in [1.82, 2.24) is 25.6 Å². The van der Waals surface area contributed by atoms with Crippen molar-refractivity contribution in [3.8, 4) is 0 Å². The number of piperazine rings is 1. The zero-order valence-electron chi connectivity index (χ0n) is 21.4. The van der Waals surface area contributed by atoms with E-state index in [0.717, 1.165) is 37.1 Å². The summed E-state index contributed by atoms with van der Waals surface area (Å²) in [5, 5.41) is 13.5. The summed E-state index contributed by atoms with van der Waals surface area (Å²) in [4.78, 5) is 15.3. The van der Waals surface area contributed by atoms with Crippen molar-refractivity contribution in [2.24, 2.45) is 5.10 Å². The Labute approximate surface area is 224 Å². The van der Waals surface area contributed by atoms with E-state index < -0.39 is 17.8 Å². The van der Waals surface area contributed by atoms with Gasteiger partial charge in [0.15, 0.2) is 0 Å². The Hall–Kier alpha value is -3.81. The van der Waals surface area contributed by atoms with Crippen molar-refractivity contribution in [2.45, 2.75) is 19.1 Å². The molecule has 0 aliphatic carbocycles. The molecular formula is C26H30F3N9O. The van der Waals surface area contributed by atoms with Gasteiger partial charge < -0.3 is 25.6 Å². The molecule has 10 nitrogen and oxygen atoms in total. The molecule has 0 saturated carbocycles. The number of rotatable bonds is 7. The first-order valence-electron chi connectivity index (χ1n) is 12.7. The number of nitrogens with zero attached hydrogens (tertiary/aromatic N) is 5. The molecule has 2 saturated heterocycles. The maximum absolute atomic E-state index is 13.8. The number of aromatic nitrogens is 3. The van der Waals surface area contributed by atoms with E-state index in [2.05, 4.69) is 46.3 Å². The molecule has 13 heteroatoms. The molecule has 39 heavy (non-hydrogen) atoms. The number of anilines is 4. The van der Waals surface area contributed by atoms with Crippen LogP contribution in [0.1, 0.15) is 28.4 Å². The lowest BCUT2D eigenvalue weighted by Gasteiger charge is -2.28. The van der Waals surface area contributed by atoms with Gasteiger partial charge in [-0.15, -0.1) is 0 Å². The van der Waals surface area contributed by atoms with Crippen LogP contribution in [-0.2, 0) is 10.9 Å². The Morgan fingerprint density at radius 1 is 1.08 bits per heavy atom. The van der Waals surface area contributed by atoms with E-state index in [1.807, 2.05) is 6.92 Å². The monoisotopic (exact) mass is 541 g/mol. The van der Waals surface area contributed by atoms with Crippen LogP contribution >= 0.6 is 0 Å². The average molecular weight is 542 g/mol. The lowest BCUT2D eigenvalue weighted by molar-refractivity contribution is -0.138. The molecule has 2 aliphatic heterocycles. The summed E-state index contributed by atoms with van der Waals surface area (Å²) in [6.07, 6.45) is 0.326. The van der Waals surface area contributed by atoms with Crippen molar-refractivity contribution in [3.63, 3.8) is 0 Å². The first-order valence-corrected chi connectivity index (χ1v) is 12.7. The highest BCUT2D eigenvalue weighted by Crippen LogP contribution is 2.37. The fraction of sp³-hybridized carbons (Fsp3) is 0.385. The second-order valence-electron chi connectivity index (χ2n) is 9.28. The number of aryl methyl sites for hydroxylation is 1. The van der Waals surface area contributed by atoms with Gasteiger partial charge in [0.2, 0.25) is 5.95 Å². The fourth-order valence-corrected chi connectivity index (χ4v) is 4.52. The highest BCUT2D eigenvalue weighted by molar-refractivity contribution is 5.78. The summed E-state index contributed by atoms with van der Waals surface area (Å²) >= 11 is 0. The molecule has 1 aromatic carbocycles. The number of hydrazone groups is 1. The molecule has 2 fully saturated rings. The normalized spacial score (nSPS) is 18.4. The third-order valence-electron chi connectivity index (χ3n) is 6.47.